The Kier molecular flexibility index (Phi) is 3.03. The van der Waals surface area contributed by atoms with E-state index in [1.165, 1.54) is 6.07 Å². The molecule has 5 heteroatoms. The van der Waals surface area contributed by atoms with Gasteiger partial charge in [-0.05, 0) is 43.0 Å². The van der Waals surface area contributed by atoms with Gasteiger partial charge in [-0.25, -0.2) is 4.39 Å². The molecule has 3 rings (SSSR count). The van der Waals surface area contributed by atoms with Gasteiger partial charge in [0.15, 0.2) is 0 Å². The second kappa shape index (κ2) is 4.84. The third-order valence-electron chi connectivity index (χ3n) is 3.27. The highest BCUT2D eigenvalue weighted by atomic mass is 19.1. The van der Waals surface area contributed by atoms with Gasteiger partial charge in [0.1, 0.15) is 5.82 Å². The van der Waals surface area contributed by atoms with E-state index in [1.807, 2.05) is 0 Å². The molecule has 1 amide bonds. The second-order valence-electron chi connectivity index (χ2n) is 4.82. The Morgan fingerprint density at radius 2 is 2.26 bits per heavy atom. The van der Waals surface area contributed by atoms with Gasteiger partial charge in [0.25, 0.3) is 5.91 Å². The molecule has 2 aromatic rings. The van der Waals surface area contributed by atoms with E-state index in [4.69, 9.17) is 0 Å². The number of hydrogen-bond acceptors (Lipinski definition) is 2. The summed E-state index contributed by atoms with van der Waals surface area (Å²) in [6.07, 6.45) is 3.92. The van der Waals surface area contributed by atoms with E-state index in [0.29, 0.717) is 12.5 Å². The van der Waals surface area contributed by atoms with Crippen LogP contribution < -0.4 is 5.32 Å². The number of amides is 1. The van der Waals surface area contributed by atoms with Crippen LogP contribution >= 0.6 is 0 Å². The molecule has 2 N–H and O–H groups in total. The molecule has 1 fully saturated rings. The SMILES string of the molecule is O=C(NCC1CC1)c1cc(-c2ccn[nH]2)ccc1F. The quantitative estimate of drug-likeness (QED) is 0.885. The summed E-state index contributed by atoms with van der Waals surface area (Å²) in [5, 5.41) is 9.41. The molecule has 1 saturated carbocycles. The number of nitrogens with zero attached hydrogens (tertiary/aromatic N) is 1. The van der Waals surface area contributed by atoms with Crippen molar-refractivity contribution in [3.8, 4) is 11.3 Å². The zero-order chi connectivity index (χ0) is 13.2. The maximum atomic E-state index is 13.7. The first-order valence-corrected chi connectivity index (χ1v) is 6.31. The summed E-state index contributed by atoms with van der Waals surface area (Å²) in [7, 11) is 0. The largest absolute Gasteiger partial charge is 0.352 e. The Labute approximate surface area is 110 Å². The topological polar surface area (TPSA) is 57.8 Å². The van der Waals surface area contributed by atoms with E-state index in [9.17, 15) is 9.18 Å². The van der Waals surface area contributed by atoms with Gasteiger partial charge in [0.2, 0.25) is 0 Å². The van der Waals surface area contributed by atoms with Crippen LogP contribution in [0, 0.1) is 11.7 Å². The third-order valence-corrected chi connectivity index (χ3v) is 3.27. The van der Waals surface area contributed by atoms with E-state index in [2.05, 4.69) is 15.5 Å². The maximum Gasteiger partial charge on any atom is 0.254 e. The van der Waals surface area contributed by atoms with Crippen LogP contribution in [-0.4, -0.2) is 22.6 Å². The van der Waals surface area contributed by atoms with Gasteiger partial charge in [-0.2, -0.15) is 5.10 Å². The van der Waals surface area contributed by atoms with E-state index in [0.717, 1.165) is 24.1 Å². The molecule has 1 aliphatic rings. The smallest absolute Gasteiger partial charge is 0.254 e. The van der Waals surface area contributed by atoms with Crippen LogP contribution in [0.15, 0.2) is 30.5 Å². The van der Waals surface area contributed by atoms with Crippen LogP contribution in [-0.2, 0) is 0 Å². The molecule has 0 radical (unpaired) electrons. The van der Waals surface area contributed by atoms with Gasteiger partial charge >= 0.3 is 0 Å². The van der Waals surface area contributed by atoms with Gasteiger partial charge in [0.05, 0.1) is 11.3 Å². The number of benzene rings is 1. The molecule has 1 aromatic heterocycles. The number of carbonyl (C=O) groups excluding carboxylic acids is 1. The van der Waals surface area contributed by atoms with Gasteiger partial charge in [-0.1, -0.05) is 0 Å². The average Bonchev–Trinajstić information content (AvgIpc) is 3.09. The molecule has 0 saturated heterocycles. The molecular formula is C14H14FN3O. The number of rotatable bonds is 4. The maximum absolute atomic E-state index is 13.7. The Bertz CT molecular complexity index is 591. The zero-order valence-electron chi connectivity index (χ0n) is 10.3. The number of aromatic nitrogens is 2. The van der Waals surface area contributed by atoms with Gasteiger partial charge < -0.3 is 5.32 Å². The van der Waals surface area contributed by atoms with Gasteiger partial charge in [-0.3, -0.25) is 9.89 Å². The molecule has 1 aliphatic carbocycles. The first-order chi connectivity index (χ1) is 9.24. The summed E-state index contributed by atoms with van der Waals surface area (Å²) in [5.41, 5.74) is 1.58. The number of carbonyl (C=O) groups is 1. The predicted octanol–water partition coefficient (Wildman–Crippen LogP) is 2.36. The van der Waals surface area contributed by atoms with E-state index < -0.39 is 5.82 Å². The molecule has 0 bridgehead atoms. The lowest BCUT2D eigenvalue weighted by atomic mass is 10.1. The van der Waals surface area contributed by atoms with E-state index in [1.54, 1.807) is 24.4 Å². The van der Waals surface area contributed by atoms with Crippen molar-refractivity contribution in [2.24, 2.45) is 5.92 Å². The molecule has 1 heterocycles. The summed E-state index contributed by atoms with van der Waals surface area (Å²) >= 11 is 0. The van der Waals surface area contributed by atoms with Crippen LogP contribution in [0.1, 0.15) is 23.2 Å². The molecule has 0 unspecified atom stereocenters. The number of hydrogen-bond donors (Lipinski definition) is 2. The minimum Gasteiger partial charge on any atom is -0.352 e. The normalized spacial score (nSPS) is 14.4. The highest BCUT2D eigenvalue weighted by Crippen LogP contribution is 2.27. The molecule has 19 heavy (non-hydrogen) atoms. The lowest BCUT2D eigenvalue weighted by Gasteiger charge is -2.07. The molecule has 0 atom stereocenters. The molecule has 4 nitrogen and oxygen atoms in total. The highest BCUT2D eigenvalue weighted by Gasteiger charge is 2.22. The van der Waals surface area contributed by atoms with Crippen molar-refractivity contribution in [2.75, 3.05) is 6.54 Å². The van der Waals surface area contributed by atoms with Crippen molar-refractivity contribution in [1.29, 1.82) is 0 Å². The average molecular weight is 259 g/mol. The first kappa shape index (κ1) is 11.9. The second-order valence-corrected chi connectivity index (χ2v) is 4.82. The van der Waals surface area contributed by atoms with E-state index >= 15 is 0 Å². The van der Waals surface area contributed by atoms with Crippen LogP contribution in [0.2, 0.25) is 0 Å². The molecule has 1 aromatic carbocycles. The highest BCUT2D eigenvalue weighted by molar-refractivity contribution is 5.95. The van der Waals surface area contributed by atoms with E-state index in [-0.39, 0.29) is 11.5 Å². The van der Waals surface area contributed by atoms with Crippen LogP contribution in [0.5, 0.6) is 0 Å². The summed E-state index contributed by atoms with van der Waals surface area (Å²) < 4.78 is 13.7. The Balaban J connectivity index is 1.82. The van der Waals surface area contributed by atoms with Crippen LogP contribution in [0.3, 0.4) is 0 Å². The molecule has 0 spiro atoms. The summed E-state index contributed by atoms with van der Waals surface area (Å²) in [5.74, 6) is -0.287. The first-order valence-electron chi connectivity index (χ1n) is 6.31. The van der Waals surface area contributed by atoms with Crippen LogP contribution in [0.4, 0.5) is 4.39 Å². The summed E-state index contributed by atoms with van der Waals surface area (Å²) in [6, 6.07) is 6.26. The Hall–Kier alpha value is -2.17. The monoisotopic (exact) mass is 259 g/mol. The Morgan fingerprint density at radius 1 is 1.42 bits per heavy atom. The molecular weight excluding hydrogens is 245 g/mol. The number of H-pyrrole nitrogens is 1. The van der Waals surface area contributed by atoms with Gasteiger partial charge in [-0.15, -0.1) is 0 Å². The minimum absolute atomic E-state index is 0.0766. The summed E-state index contributed by atoms with van der Waals surface area (Å²) in [6.45, 7) is 0.632. The number of aromatic amines is 1. The third kappa shape index (κ3) is 2.65. The number of halogens is 1. The van der Waals surface area contributed by atoms with Crippen molar-refractivity contribution < 1.29 is 9.18 Å². The standard InChI is InChI=1S/C14H14FN3O/c15-12-4-3-10(13-5-6-17-18-13)7-11(12)14(19)16-8-9-1-2-9/h3-7,9H,1-2,8H2,(H,16,19)(H,17,18). The van der Waals surface area contributed by atoms with Gasteiger partial charge in [0, 0.05) is 18.3 Å². The van der Waals surface area contributed by atoms with Crippen molar-refractivity contribution in [3.05, 3.63) is 41.8 Å². The van der Waals surface area contributed by atoms with Crippen molar-refractivity contribution >= 4 is 5.91 Å². The number of nitrogens with one attached hydrogen (secondary N) is 2. The fourth-order valence-corrected chi connectivity index (χ4v) is 1.94. The zero-order valence-corrected chi connectivity index (χ0v) is 10.3. The molecule has 98 valence electrons. The fourth-order valence-electron chi connectivity index (χ4n) is 1.94. The summed E-state index contributed by atoms with van der Waals surface area (Å²) in [4.78, 5) is 11.9. The minimum atomic E-state index is -0.503. The van der Waals surface area contributed by atoms with Crippen molar-refractivity contribution in [2.45, 2.75) is 12.8 Å². The van der Waals surface area contributed by atoms with Crippen LogP contribution in [0.25, 0.3) is 11.3 Å². The molecule has 0 aliphatic heterocycles. The fraction of sp³-hybridized carbons (Fsp3) is 0.286. The Morgan fingerprint density at radius 3 is 2.95 bits per heavy atom. The predicted molar refractivity (Wildman–Crippen MR) is 69.0 cm³/mol. The van der Waals surface area contributed by atoms with Crippen molar-refractivity contribution in [1.82, 2.24) is 15.5 Å². The van der Waals surface area contributed by atoms with Crippen molar-refractivity contribution in [3.63, 3.8) is 0 Å². The lowest BCUT2D eigenvalue weighted by molar-refractivity contribution is 0.0948. The lowest BCUT2D eigenvalue weighted by Crippen LogP contribution is -2.26.